The van der Waals surface area contributed by atoms with Crippen LogP contribution in [0.4, 0.5) is 0 Å². The summed E-state index contributed by atoms with van der Waals surface area (Å²) in [6, 6.07) is 3.43. The molecule has 0 aromatic carbocycles. The Labute approximate surface area is 173 Å². The maximum Gasteiger partial charge on any atom is 0.181 e. The van der Waals surface area contributed by atoms with Crippen molar-refractivity contribution in [3.05, 3.63) is 35.3 Å². The molecule has 0 atom stereocenters. The van der Waals surface area contributed by atoms with Crippen molar-refractivity contribution in [2.45, 2.75) is 110 Å². The molecular weight excluding hydrogens is 348 g/mol. The predicted molar refractivity (Wildman–Crippen MR) is 118 cm³/mol. The van der Waals surface area contributed by atoms with E-state index >= 15 is 0 Å². The lowest BCUT2D eigenvalue weighted by molar-refractivity contribution is -0.605. The third-order valence-corrected chi connectivity index (χ3v) is 5.19. The van der Waals surface area contributed by atoms with Gasteiger partial charge in [0.15, 0.2) is 12.4 Å². The molecule has 0 fully saturated rings. The summed E-state index contributed by atoms with van der Waals surface area (Å²) >= 11 is 0. The summed E-state index contributed by atoms with van der Waals surface area (Å²) < 4.78 is 0.759. The zero-order valence-electron chi connectivity index (χ0n) is 18.1. The summed E-state index contributed by atoms with van der Waals surface area (Å²) in [6.07, 6.45) is 26.5. The zero-order valence-corrected chi connectivity index (χ0v) is 18.1. The molecule has 0 spiro atoms. The van der Waals surface area contributed by atoms with Gasteiger partial charge in [-0.2, -0.15) is 4.73 Å². The molecule has 160 valence electrons. The predicted octanol–water partition coefficient (Wildman–Crippen LogP) is 6.93. The quantitative estimate of drug-likeness (QED) is 0.0845. The van der Waals surface area contributed by atoms with Gasteiger partial charge in [-0.15, -0.1) is 0 Å². The van der Waals surface area contributed by atoms with E-state index in [0.717, 1.165) is 16.7 Å². The fourth-order valence-corrected chi connectivity index (χ4v) is 3.38. The summed E-state index contributed by atoms with van der Waals surface area (Å²) in [4.78, 5) is 5.27. The molecule has 0 radical (unpaired) electrons. The summed E-state index contributed by atoms with van der Waals surface area (Å²) in [5, 5.41) is 14.9. The van der Waals surface area contributed by atoms with Crippen LogP contribution in [0.5, 0.6) is 0 Å². The van der Waals surface area contributed by atoms with Gasteiger partial charge in [-0.25, -0.2) is 0 Å². The second-order valence-corrected chi connectivity index (χ2v) is 7.86. The number of hydrogen-bond acceptors (Lipinski definition) is 3. The van der Waals surface area contributed by atoms with E-state index in [0.29, 0.717) is 6.61 Å². The molecule has 4 heteroatoms. The molecule has 0 aliphatic rings. The smallest absolute Gasteiger partial charge is 0.181 e. The molecule has 1 rings (SSSR count). The van der Waals surface area contributed by atoms with E-state index in [1.54, 1.807) is 18.3 Å². The van der Waals surface area contributed by atoms with Crippen LogP contribution in [0.1, 0.15) is 115 Å². The van der Waals surface area contributed by atoms with Gasteiger partial charge in [-0.05, 0) is 12.8 Å². The van der Waals surface area contributed by atoms with Crippen molar-refractivity contribution < 1.29 is 9.57 Å². The number of aromatic nitrogens is 1. The molecule has 0 bridgehead atoms. The highest BCUT2D eigenvalue weighted by atomic mass is 16.6. The molecule has 28 heavy (non-hydrogen) atoms. The lowest BCUT2D eigenvalue weighted by Gasteiger charge is -2.03. The molecule has 0 saturated carbocycles. The first kappa shape index (κ1) is 24.5. The van der Waals surface area contributed by atoms with E-state index in [-0.39, 0.29) is 0 Å². The summed E-state index contributed by atoms with van der Waals surface area (Å²) in [5.74, 6) is 0. The number of pyridine rings is 1. The van der Waals surface area contributed by atoms with Gasteiger partial charge in [0, 0.05) is 17.7 Å². The molecule has 1 aromatic heterocycles. The largest absolute Gasteiger partial charge is 0.619 e. The molecule has 0 unspecified atom stereocenters. The van der Waals surface area contributed by atoms with Crippen LogP contribution < -0.4 is 4.73 Å². The van der Waals surface area contributed by atoms with E-state index in [1.165, 1.54) is 109 Å². The fourth-order valence-electron chi connectivity index (χ4n) is 3.38. The fraction of sp³-hybridized carbons (Fsp3) is 0.750. The third kappa shape index (κ3) is 15.5. The summed E-state index contributed by atoms with van der Waals surface area (Å²) in [5.41, 5.74) is 0.874. The topological polar surface area (TPSA) is 48.5 Å². The third-order valence-electron chi connectivity index (χ3n) is 5.19. The number of hydrogen-bond donors (Lipinski definition) is 0. The molecule has 4 nitrogen and oxygen atoms in total. The van der Waals surface area contributed by atoms with Crippen molar-refractivity contribution in [2.24, 2.45) is 5.16 Å². The van der Waals surface area contributed by atoms with Crippen molar-refractivity contribution in [1.29, 1.82) is 0 Å². The van der Waals surface area contributed by atoms with Gasteiger partial charge in [-0.1, -0.05) is 102 Å². The SMILES string of the molecule is CCCCCCCCCCCCCCCCCCO/N=C/c1cc[n+]([O-])cc1. The number of nitrogens with zero attached hydrogens (tertiary/aromatic N) is 2. The highest BCUT2D eigenvalue weighted by Crippen LogP contribution is 2.13. The van der Waals surface area contributed by atoms with Crippen molar-refractivity contribution in [1.82, 2.24) is 0 Å². The van der Waals surface area contributed by atoms with Crippen LogP contribution in [0.3, 0.4) is 0 Å². The molecule has 0 aliphatic heterocycles. The van der Waals surface area contributed by atoms with E-state index in [2.05, 4.69) is 12.1 Å². The van der Waals surface area contributed by atoms with Crippen molar-refractivity contribution in [2.75, 3.05) is 6.61 Å². The van der Waals surface area contributed by atoms with Gasteiger partial charge in [0.05, 0.1) is 6.21 Å². The van der Waals surface area contributed by atoms with Gasteiger partial charge in [-0.3, -0.25) is 0 Å². The Morgan fingerprint density at radius 2 is 1.18 bits per heavy atom. The molecule has 1 heterocycles. The van der Waals surface area contributed by atoms with E-state index in [9.17, 15) is 5.21 Å². The Morgan fingerprint density at radius 3 is 1.64 bits per heavy atom. The minimum atomic E-state index is 0.670. The zero-order chi connectivity index (χ0) is 20.1. The first-order valence-electron chi connectivity index (χ1n) is 11.7. The van der Waals surface area contributed by atoms with Crippen LogP contribution in [0.2, 0.25) is 0 Å². The average molecular weight is 391 g/mol. The molecule has 0 aliphatic carbocycles. The van der Waals surface area contributed by atoms with Gasteiger partial charge >= 0.3 is 0 Å². The minimum absolute atomic E-state index is 0.670. The number of oxime groups is 1. The Balaban J connectivity index is 1.74. The number of unbranched alkanes of at least 4 members (excludes halogenated alkanes) is 15. The summed E-state index contributed by atoms with van der Waals surface area (Å²) in [7, 11) is 0. The second-order valence-electron chi connectivity index (χ2n) is 7.86. The van der Waals surface area contributed by atoms with Crippen LogP contribution in [0, 0.1) is 5.21 Å². The van der Waals surface area contributed by atoms with Gasteiger partial charge in [0.1, 0.15) is 6.61 Å². The van der Waals surface area contributed by atoms with Gasteiger partial charge in [0.25, 0.3) is 0 Å². The first-order chi connectivity index (χ1) is 13.8. The molecule has 1 aromatic rings. The number of rotatable bonds is 19. The van der Waals surface area contributed by atoms with E-state index in [4.69, 9.17) is 4.84 Å². The molecular formula is C24H42N2O2. The van der Waals surface area contributed by atoms with Gasteiger partial charge in [0.2, 0.25) is 0 Å². The molecule has 0 amide bonds. The second kappa shape index (κ2) is 18.8. The van der Waals surface area contributed by atoms with Crippen LogP contribution in [-0.4, -0.2) is 12.8 Å². The Hall–Kier alpha value is -1.58. The Bertz CT molecular complexity index is 474. The maximum absolute atomic E-state index is 10.9. The average Bonchev–Trinajstić information content (AvgIpc) is 2.71. The van der Waals surface area contributed by atoms with E-state index in [1.807, 2.05) is 0 Å². The Kier molecular flexibility index (Phi) is 16.4. The monoisotopic (exact) mass is 390 g/mol. The van der Waals surface area contributed by atoms with Crippen LogP contribution in [0.25, 0.3) is 0 Å². The maximum atomic E-state index is 10.9. The van der Waals surface area contributed by atoms with Crippen LogP contribution in [0.15, 0.2) is 29.7 Å². The van der Waals surface area contributed by atoms with Crippen LogP contribution in [-0.2, 0) is 4.84 Å². The highest BCUT2D eigenvalue weighted by Gasteiger charge is 1.95. The van der Waals surface area contributed by atoms with Crippen molar-refractivity contribution >= 4 is 6.21 Å². The van der Waals surface area contributed by atoms with Crippen molar-refractivity contribution in [3.8, 4) is 0 Å². The lowest BCUT2D eigenvalue weighted by atomic mass is 10.0. The first-order valence-corrected chi connectivity index (χ1v) is 11.7. The Morgan fingerprint density at radius 1 is 0.750 bits per heavy atom. The minimum Gasteiger partial charge on any atom is -0.619 e. The standard InChI is InChI=1S/C24H42N2O2/c1-2-3-4-5-6-7-8-9-10-11-12-13-14-15-16-17-22-28-25-23-24-18-20-26(27)21-19-24/h18-21,23H,2-17,22H2,1H3/b25-23+. The van der Waals surface area contributed by atoms with Crippen LogP contribution >= 0.6 is 0 Å². The normalized spacial score (nSPS) is 11.3. The molecule has 0 saturated heterocycles. The lowest BCUT2D eigenvalue weighted by Crippen LogP contribution is -2.23. The van der Waals surface area contributed by atoms with Gasteiger partial charge < -0.3 is 10.0 Å². The summed E-state index contributed by atoms with van der Waals surface area (Å²) in [6.45, 7) is 2.95. The molecule has 0 N–H and O–H groups in total. The van der Waals surface area contributed by atoms with Crippen molar-refractivity contribution in [3.63, 3.8) is 0 Å². The van der Waals surface area contributed by atoms with E-state index < -0.39 is 0 Å². The highest BCUT2D eigenvalue weighted by molar-refractivity contribution is 5.78.